The zero-order chi connectivity index (χ0) is 26.4. The van der Waals surface area contributed by atoms with Gasteiger partial charge in [-0.1, -0.05) is 6.08 Å². The average molecular weight is 515 g/mol. The van der Waals surface area contributed by atoms with E-state index < -0.39 is 17.1 Å². The minimum Gasteiger partial charge on any atom is -0.443 e. The van der Waals surface area contributed by atoms with Crippen LogP contribution in [0.1, 0.15) is 56.3 Å². The van der Waals surface area contributed by atoms with Crippen LogP contribution in [-0.2, 0) is 14.3 Å². The number of ether oxygens (including phenoxy) is 2. The molecule has 4 N–H and O–H groups in total. The molecule has 2 unspecified atom stereocenters. The quantitative estimate of drug-likeness (QED) is 0.503. The summed E-state index contributed by atoms with van der Waals surface area (Å²) in [6.45, 7) is 6.07. The summed E-state index contributed by atoms with van der Waals surface area (Å²) in [5.74, 6) is 1.44. The van der Waals surface area contributed by atoms with Crippen LogP contribution in [-0.4, -0.2) is 72.7 Å². The van der Waals surface area contributed by atoms with Crippen LogP contribution in [0.25, 0.3) is 6.20 Å². The average Bonchev–Trinajstić information content (AvgIpc) is 3.28. The molecule has 37 heavy (non-hydrogen) atoms. The fourth-order valence-corrected chi connectivity index (χ4v) is 7.12. The van der Waals surface area contributed by atoms with Gasteiger partial charge in [0.2, 0.25) is 5.91 Å². The molecule has 11 nitrogen and oxygen atoms in total. The first-order chi connectivity index (χ1) is 17.6. The predicted octanol–water partition coefficient (Wildman–Crippen LogP) is 1.74. The number of hydrogen-bond donors (Lipinski definition) is 3. The lowest BCUT2D eigenvalue weighted by molar-refractivity contribution is -0.137. The minimum absolute atomic E-state index is 0.0252. The summed E-state index contributed by atoms with van der Waals surface area (Å²) < 4.78 is 12.8. The van der Waals surface area contributed by atoms with E-state index in [1.165, 1.54) is 0 Å². The Balaban J connectivity index is 1.38. The Hall–Kier alpha value is -3.08. The van der Waals surface area contributed by atoms with Gasteiger partial charge in [0.25, 0.3) is 5.91 Å². The van der Waals surface area contributed by atoms with Crippen LogP contribution < -0.4 is 21.3 Å². The van der Waals surface area contributed by atoms with Crippen molar-refractivity contribution in [2.75, 3.05) is 38.3 Å². The highest BCUT2D eigenvalue weighted by atomic mass is 16.6. The second-order valence-corrected chi connectivity index (χ2v) is 11.6. The van der Waals surface area contributed by atoms with E-state index in [-0.39, 0.29) is 29.7 Å². The van der Waals surface area contributed by atoms with Crippen molar-refractivity contribution in [1.82, 2.24) is 20.4 Å². The molecule has 0 radical (unpaired) electrons. The molecule has 6 rings (SSSR count). The molecule has 11 heteroatoms. The van der Waals surface area contributed by atoms with Gasteiger partial charge in [0.1, 0.15) is 17.0 Å². The Labute approximate surface area is 217 Å². The van der Waals surface area contributed by atoms with E-state index in [0.29, 0.717) is 43.6 Å². The Bertz CT molecular complexity index is 1080. The van der Waals surface area contributed by atoms with Crippen LogP contribution in [0, 0.1) is 23.2 Å². The molecular formula is C26H38N6O5. The maximum absolute atomic E-state index is 13.7. The molecule has 1 saturated heterocycles. The number of aromatic nitrogens is 2. The number of anilines is 1. The molecule has 202 valence electrons. The normalized spacial score (nSPS) is 30.9. The van der Waals surface area contributed by atoms with E-state index in [0.717, 1.165) is 32.1 Å². The van der Waals surface area contributed by atoms with Crippen LogP contribution in [0.5, 0.6) is 0 Å². The Morgan fingerprint density at radius 3 is 2.49 bits per heavy atom. The highest BCUT2D eigenvalue weighted by molar-refractivity contribution is 5.99. The van der Waals surface area contributed by atoms with Gasteiger partial charge in [-0.25, -0.2) is 9.48 Å². The topological polar surface area (TPSA) is 141 Å². The van der Waals surface area contributed by atoms with Gasteiger partial charge in [-0.15, -0.1) is 0 Å². The van der Waals surface area contributed by atoms with Crippen molar-refractivity contribution in [3.8, 4) is 0 Å². The van der Waals surface area contributed by atoms with Crippen molar-refractivity contribution in [3.05, 3.63) is 17.8 Å². The van der Waals surface area contributed by atoms with Crippen LogP contribution in [0.2, 0.25) is 0 Å². The first-order valence-corrected chi connectivity index (χ1v) is 13.2. The smallest absolute Gasteiger partial charge is 0.405 e. The predicted molar refractivity (Wildman–Crippen MR) is 137 cm³/mol. The summed E-state index contributed by atoms with van der Waals surface area (Å²) in [4.78, 5) is 39.6. The third kappa shape index (κ3) is 4.93. The molecule has 4 bridgehead atoms. The lowest BCUT2D eigenvalue weighted by Gasteiger charge is -2.58. The third-order valence-electron chi connectivity index (χ3n) is 8.60. The maximum Gasteiger partial charge on any atom is 0.405 e. The Morgan fingerprint density at radius 2 is 1.86 bits per heavy atom. The molecule has 0 spiro atoms. The number of hydrogen-bond acceptors (Lipinski definition) is 7. The summed E-state index contributed by atoms with van der Waals surface area (Å²) in [5, 5.41) is 10.5. The van der Waals surface area contributed by atoms with Gasteiger partial charge >= 0.3 is 6.09 Å². The number of morpholine rings is 1. The van der Waals surface area contributed by atoms with Crippen molar-refractivity contribution < 1.29 is 23.9 Å². The second kappa shape index (κ2) is 9.66. The molecule has 1 aromatic rings. The van der Waals surface area contributed by atoms with E-state index in [2.05, 4.69) is 20.6 Å². The molecule has 2 heterocycles. The molecule has 5 fully saturated rings. The fourth-order valence-electron chi connectivity index (χ4n) is 7.12. The highest BCUT2D eigenvalue weighted by Gasteiger charge is 2.57. The number of nitrogens with zero attached hydrogens (tertiary/aromatic N) is 3. The number of nitrogens with two attached hydrogens (primary N) is 1. The third-order valence-corrected chi connectivity index (χ3v) is 8.60. The SMILES string of the molecule is CNC(=O)C(C)(C)/C=C/n1ncc(C(=O)N[C@H]2C3CC4CC2C[C@](OC(N)=O)(C4)C3)c1N1CCOCC1. The monoisotopic (exact) mass is 514 g/mol. The Kier molecular flexibility index (Phi) is 6.68. The van der Waals surface area contributed by atoms with Gasteiger partial charge in [-0.3, -0.25) is 9.59 Å². The molecule has 0 aromatic carbocycles. The molecule has 4 aliphatic carbocycles. The van der Waals surface area contributed by atoms with Gasteiger partial charge in [0.15, 0.2) is 0 Å². The van der Waals surface area contributed by atoms with E-state index in [4.69, 9.17) is 15.2 Å². The summed E-state index contributed by atoms with van der Waals surface area (Å²) in [5.41, 5.74) is 4.67. The van der Waals surface area contributed by atoms with Gasteiger partial charge in [0.05, 0.1) is 24.8 Å². The number of carbonyl (C=O) groups excluding carboxylic acids is 3. The van der Waals surface area contributed by atoms with E-state index in [9.17, 15) is 14.4 Å². The molecule has 5 aliphatic rings. The van der Waals surface area contributed by atoms with Gasteiger partial charge < -0.3 is 30.7 Å². The number of nitrogens with one attached hydrogen (secondary N) is 2. The zero-order valence-corrected chi connectivity index (χ0v) is 21.9. The van der Waals surface area contributed by atoms with Crippen LogP contribution in [0.3, 0.4) is 0 Å². The number of carbonyl (C=O) groups is 3. The van der Waals surface area contributed by atoms with Crippen molar-refractivity contribution in [2.45, 2.75) is 57.6 Å². The highest BCUT2D eigenvalue weighted by Crippen LogP contribution is 2.57. The molecule has 3 amide bonds. The number of rotatable bonds is 7. The first kappa shape index (κ1) is 25.6. The lowest BCUT2D eigenvalue weighted by atomic mass is 9.52. The number of amides is 3. The first-order valence-electron chi connectivity index (χ1n) is 13.2. The van der Waals surface area contributed by atoms with Crippen LogP contribution >= 0.6 is 0 Å². The lowest BCUT2D eigenvalue weighted by Crippen LogP contribution is -2.63. The van der Waals surface area contributed by atoms with Crippen molar-refractivity contribution in [3.63, 3.8) is 0 Å². The summed E-state index contributed by atoms with van der Waals surface area (Å²) >= 11 is 0. The van der Waals surface area contributed by atoms with Crippen molar-refractivity contribution >= 4 is 29.9 Å². The molecular weight excluding hydrogens is 476 g/mol. The number of primary amides is 1. The zero-order valence-electron chi connectivity index (χ0n) is 21.9. The summed E-state index contributed by atoms with van der Waals surface area (Å²) in [6.07, 6.45) is 8.84. The standard InChI is InChI=1S/C26H38N6O5/c1-25(2,23(34)28-3)4-5-32-22(31-6-8-36-9-7-31)19(15-29-32)21(33)30-20-17-10-16-11-18(20)14-26(12-16,13-17)37-24(27)35/h4-5,15-18,20H,6-14H2,1-3H3,(H2,27,35)(H,28,34)(H,30,33)/b5-4+/t16?,17?,18?,20-,26-. The van der Waals surface area contributed by atoms with Crippen molar-refractivity contribution in [2.24, 2.45) is 28.9 Å². The van der Waals surface area contributed by atoms with E-state index in [1.807, 2.05) is 13.8 Å². The van der Waals surface area contributed by atoms with Crippen LogP contribution in [0.4, 0.5) is 10.6 Å². The maximum atomic E-state index is 13.7. The van der Waals surface area contributed by atoms with E-state index >= 15 is 0 Å². The molecule has 4 saturated carbocycles. The van der Waals surface area contributed by atoms with Gasteiger partial charge in [0, 0.05) is 32.4 Å². The van der Waals surface area contributed by atoms with E-state index in [1.54, 1.807) is 30.2 Å². The summed E-state index contributed by atoms with van der Waals surface area (Å²) in [6, 6.07) is 0.0252. The van der Waals surface area contributed by atoms with Crippen LogP contribution in [0.15, 0.2) is 12.3 Å². The fraction of sp³-hybridized carbons (Fsp3) is 0.692. The largest absolute Gasteiger partial charge is 0.443 e. The van der Waals surface area contributed by atoms with Gasteiger partial charge in [-0.05, 0) is 63.7 Å². The van der Waals surface area contributed by atoms with Crippen molar-refractivity contribution in [1.29, 1.82) is 0 Å². The Morgan fingerprint density at radius 1 is 1.19 bits per heavy atom. The summed E-state index contributed by atoms with van der Waals surface area (Å²) in [7, 11) is 1.61. The minimum atomic E-state index is -0.741. The molecule has 1 aromatic heterocycles. The molecule has 2 atom stereocenters. The van der Waals surface area contributed by atoms with Gasteiger partial charge in [-0.2, -0.15) is 5.10 Å². The second-order valence-electron chi connectivity index (χ2n) is 11.6. The molecule has 1 aliphatic heterocycles.